The molecule has 2 fully saturated rings. The van der Waals surface area contributed by atoms with Crippen LogP contribution in [0.15, 0.2) is 4.99 Å². The van der Waals surface area contributed by atoms with Crippen LogP contribution >= 0.6 is 24.0 Å². The molecule has 0 aromatic rings. The molecule has 1 unspecified atom stereocenters. The first-order valence-electron chi connectivity index (χ1n) is 9.40. The van der Waals surface area contributed by atoms with Crippen LogP contribution in [0.2, 0.25) is 0 Å². The molecule has 0 bridgehead atoms. The summed E-state index contributed by atoms with van der Waals surface area (Å²) >= 11 is 0. The van der Waals surface area contributed by atoms with Gasteiger partial charge in [0.2, 0.25) is 0 Å². The number of morpholine rings is 1. The van der Waals surface area contributed by atoms with E-state index < -0.39 is 0 Å². The highest BCUT2D eigenvalue weighted by atomic mass is 127. The number of esters is 1. The minimum Gasteiger partial charge on any atom is -0.469 e. The first kappa shape index (κ1) is 23.4. The van der Waals surface area contributed by atoms with E-state index in [4.69, 9.17) is 9.47 Å². The Morgan fingerprint density at radius 1 is 1.31 bits per heavy atom. The van der Waals surface area contributed by atoms with Gasteiger partial charge in [-0.25, -0.2) is 0 Å². The molecule has 7 nitrogen and oxygen atoms in total. The highest BCUT2D eigenvalue weighted by Gasteiger charge is 2.27. The summed E-state index contributed by atoms with van der Waals surface area (Å²) in [4.78, 5) is 20.7. The van der Waals surface area contributed by atoms with Crippen molar-refractivity contribution in [3.8, 4) is 0 Å². The zero-order valence-corrected chi connectivity index (χ0v) is 18.9. The molecule has 0 radical (unpaired) electrons. The summed E-state index contributed by atoms with van der Waals surface area (Å²) in [5.41, 5.74) is 0. The molecule has 0 aliphatic carbocycles. The van der Waals surface area contributed by atoms with Crippen LogP contribution in [0.5, 0.6) is 0 Å². The first-order valence-corrected chi connectivity index (χ1v) is 9.40. The Balaban J connectivity index is 0.00000338. The summed E-state index contributed by atoms with van der Waals surface area (Å²) in [6, 6.07) is 0. The molecular weight excluding hydrogens is 447 g/mol. The van der Waals surface area contributed by atoms with Crippen molar-refractivity contribution in [3.63, 3.8) is 0 Å². The second-order valence-corrected chi connectivity index (χ2v) is 7.36. The predicted octanol–water partition coefficient (Wildman–Crippen LogP) is 1.42. The molecule has 2 rings (SSSR count). The number of carbonyl (C=O) groups excluding carboxylic acids is 1. The Hall–Kier alpha value is -0.610. The van der Waals surface area contributed by atoms with E-state index in [0.717, 1.165) is 64.7 Å². The van der Waals surface area contributed by atoms with E-state index in [1.807, 2.05) is 7.05 Å². The average molecular weight is 482 g/mol. The zero-order chi connectivity index (χ0) is 18.2. The number of ether oxygens (including phenoxy) is 2. The van der Waals surface area contributed by atoms with Gasteiger partial charge in [-0.15, -0.1) is 24.0 Å². The number of carbonyl (C=O) groups is 1. The van der Waals surface area contributed by atoms with Crippen LogP contribution < -0.4 is 5.32 Å². The molecule has 1 N–H and O–H groups in total. The Morgan fingerprint density at radius 2 is 2.00 bits per heavy atom. The lowest BCUT2D eigenvalue weighted by molar-refractivity contribution is -0.146. The molecule has 8 heteroatoms. The monoisotopic (exact) mass is 482 g/mol. The number of rotatable bonds is 5. The van der Waals surface area contributed by atoms with Crippen LogP contribution in [0.25, 0.3) is 0 Å². The number of aliphatic imine (C=N–C) groups is 1. The molecule has 1 atom stereocenters. The van der Waals surface area contributed by atoms with E-state index in [-0.39, 0.29) is 42.0 Å². The van der Waals surface area contributed by atoms with Crippen LogP contribution in [0.4, 0.5) is 0 Å². The average Bonchev–Trinajstić information content (AvgIpc) is 2.62. The minimum absolute atomic E-state index is 0. The van der Waals surface area contributed by atoms with Crippen molar-refractivity contribution >= 4 is 35.9 Å². The lowest BCUT2D eigenvalue weighted by Gasteiger charge is -2.36. The van der Waals surface area contributed by atoms with Crippen molar-refractivity contribution < 1.29 is 14.3 Å². The summed E-state index contributed by atoms with van der Waals surface area (Å²) in [6.07, 6.45) is 1.82. The van der Waals surface area contributed by atoms with Crippen LogP contribution in [0.3, 0.4) is 0 Å². The van der Waals surface area contributed by atoms with Crippen molar-refractivity contribution in [2.75, 3.05) is 60.0 Å². The van der Waals surface area contributed by atoms with E-state index >= 15 is 0 Å². The van der Waals surface area contributed by atoms with Crippen LogP contribution in [-0.4, -0.2) is 87.9 Å². The third-order valence-electron chi connectivity index (χ3n) is 4.87. The van der Waals surface area contributed by atoms with Crippen molar-refractivity contribution in [2.45, 2.75) is 32.8 Å². The molecule has 0 aromatic carbocycles. The van der Waals surface area contributed by atoms with E-state index in [0.29, 0.717) is 5.92 Å². The largest absolute Gasteiger partial charge is 0.469 e. The van der Waals surface area contributed by atoms with Gasteiger partial charge in [0.25, 0.3) is 0 Å². The fourth-order valence-electron chi connectivity index (χ4n) is 3.62. The maximum atomic E-state index is 11.6. The third kappa shape index (κ3) is 7.19. The molecule has 0 saturated carbocycles. The number of nitrogens with one attached hydrogen (secondary N) is 1. The quantitative estimate of drug-likeness (QED) is 0.277. The molecule has 0 spiro atoms. The molecule has 2 heterocycles. The number of piperidine rings is 1. The SMILES string of the molecule is CN=C(NCC1CN(CC(C)C)CCO1)N1CCC(C(=O)OC)CC1.I. The molecule has 152 valence electrons. The molecule has 2 saturated heterocycles. The number of hydrogen-bond donors (Lipinski definition) is 1. The smallest absolute Gasteiger partial charge is 0.308 e. The van der Waals surface area contributed by atoms with Gasteiger partial charge in [0, 0.05) is 46.3 Å². The molecule has 2 aliphatic heterocycles. The van der Waals surface area contributed by atoms with Gasteiger partial charge in [-0.05, 0) is 18.8 Å². The van der Waals surface area contributed by atoms with Crippen molar-refractivity contribution in [1.29, 1.82) is 0 Å². The Morgan fingerprint density at radius 3 is 2.58 bits per heavy atom. The van der Waals surface area contributed by atoms with Crippen molar-refractivity contribution in [3.05, 3.63) is 0 Å². The number of halogens is 1. The van der Waals surface area contributed by atoms with Gasteiger partial charge in [0.1, 0.15) is 0 Å². The third-order valence-corrected chi connectivity index (χ3v) is 4.87. The predicted molar refractivity (Wildman–Crippen MR) is 114 cm³/mol. The van der Waals surface area contributed by atoms with E-state index in [2.05, 4.69) is 34.0 Å². The van der Waals surface area contributed by atoms with Gasteiger partial charge >= 0.3 is 5.97 Å². The number of hydrogen-bond acceptors (Lipinski definition) is 5. The Bertz CT molecular complexity index is 454. The minimum atomic E-state index is -0.0940. The highest BCUT2D eigenvalue weighted by molar-refractivity contribution is 14.0. The van der Waals surface area contributed by atoms with Crippen molar-refractivity contribution in [2.24, 2.45) is 16.8 Å². The van der Waals surface area contributed by atoms with Gasteiger partial charge in [0.15, 0.2) is 5.96 Å². The fourth-order valence-corrected chi connectivity index (χ4v) is 3.62. The molecule has 26 heavy (non-hydrogen) atoms. The Labute approximate surface area is 174 Å². The summed E-state index contributed by atoms with van der Waals surface area (Å²) in [6.45, 7) is 10.8. The summed E-state index contributed by atoms with van der Waals surface area (Å²) < 4.78 is 10.7. The van der Waals surface area contributed by atoms with E-state index in [1.54, 1.807) is 0 Å². The lowest BCUT2D eigenvalue weighted by Crippen LogP contribution is -2.52. The first-order chi connectivity index (χ1) is 12.0. The number of nitrogens with zero attached hydrogens (tertiary/aromatic N) is 3. The number of likely N-dealkylation sites (tertiary alicyclic amines) is 1. The fraction of sp³-hybridized carbons (Fsp3) is 0.889. The van der Waals surface area contributed by atoms with E-state index in [1.165, 1.54) is 7.11 Å². The highest BCUT2D eigenvalue weighted by Crippen LogP contribution is 2.18. The summed E-state index contributed by atoms with van der Waals surface area (Å²) in [5, 5.41) is 3.45. The van der Waals surface area contributed by atoms with Gasteiger partial charge in [-0.1, -0.05) is 13.8 Å². The van der Waals surface area contributed by atoms with Crippen LogP contribution in [-0.2, 0) is 14.3 Å². The van der Waals surface area contributed by atoms with Gasteiger partial charge in [-0.3, -0.25) is 14.7 Å². The standard InChI is InChI=1S/C18H34N4O3.HI/c1-14(2)12-21-9-10-25-16(13-21)11-20-18(19-3)22-7-5-15(6-8-22)17(23)24-4;/h14-16H,5-13H2,1-4H3,(H,19,20);1H. The number of methoxy groups -OCH3 is 1. The topological polar surface area (TPSA) is 66.4 Å². The van der Waals surface area contributed by atoms with Crippen LogP contribution in [0, 0.1) is 11.8 Å². The van der Waals surface area contributed by atoms with Gasteiger partial charge in [0.05, 0.1) is 25.7 Å². The molecule has 0 amide bonds. The summed E-state index contributed by atoms with van der Waals surface area (Å²) in [5.74, 6) is 1.50. The Kier molecular flexibility index (Phi) is 10.8. The maximum Gasteiger partial charge on any atom is 0.308 e. The van der Waals surface area contributed by atoms with Crippen molar-refractivity contribution in [1.82, 2.24) is 15.1 Å². The zero-order valence-electron chi connectivity index (χ0n) is 16.6. The van der Waals surface area contributed by atoms with Gasteiger partial charge < -0.3 is 19.7 Å². The molecular formula is C18H35IN4O3. The second-order valence-electron chi connectivity index (χ2n) is 7.36. The number of guanidine groups is 1. The summed E-state index contributed by atoms with van der Waals surface area (Å²) in [7, 11) is 3.27. The molecule has 2 aliphatic rings. The molecule has 0 aromatic heterocycles. The van der Waals surface area contributed by atoms with Crippen LogP contribution in [0.1, 0.15) is 26.7 Å². The lowest BCUT2D eigenvalue weighted by atomic mass is 9.97. The van der Waals surface area contributed by atoms with E-state index in [9.17, 15) is 4.79 Å². The normalized spacial score (nSPS) is 22.9. The maximum absolute atomic E-state index is 11.6. The second kappa shape index (κ2) is 12.0. The van der Waals surface area contributed by atoms with Gasteiger partial charge in [-0.2, -0.15) is 0 Å².